The lowest BCUT2D eigenvalue weighted by Gasteiger charge is -2.09. The van der Waals surface area contributed by atoms with Gasteiger partial charge >= 0.3 is 0 Å². The third kappa shape index (κ3) is 4.62. The molecule has 0 saturated carbocycles. The zero-order valence-corrected chi connectivity index (χ0v) is 18.7. The Morgan fingerprint density at radius 1 is 1.06 bits per heavy atom. The van der Waals surface area contributed by atoms with Gasteiger partial charge in [0.15, 0.2) is 0 Å². The molecule has 0 radical (unpaired) electrons. The number of nitrogens with zero attached hydrogens (tertiary/aromatic N) is 2. The first-order chi connectivity index (χ1) is 15.2. The van der Waals surface area contributed by atoms with Crippen LogP contribution in [0, 0.1) is 20.8 Å². The highest BCUT2D eigenvalue weighted by atomic mass is 32.2. The highest BCUT2D eigenvalue weighted by molar-refractivity contribution is 7.92. The van der Waals surface area contributed by atoms with Crippen molar-refractivity contribution in [2.24, 2.45) is 0 Å². The second kappa shape index (κ2) is 8.43. The average molecular weight is 451 g/mol. The zero-order chi connectivity index (χ0) is 22.9. The SMILES string of the molecule is Cc1cc(C)c2c(CC(=O)Nc3ccc(S(=O)(=O)Nc4nccc(C)n4)cc3)coc2c1. The normalized spacial score (nSPS) is 11.5. The minimum absolute atomic E-state index is 0.000190. The first-order valence-electron chi connectivity index (χ1n) is 9.91. The topological polar surface area (TPSA) is 114 Å². The van der Waals surface area contributed by atoms with E-state index in [2.05, 4.69) is 20.0 Å². The summed E-state index contributed by atoms with van der Waals surface area (Å²) in [7, 11) is -3.85. The van der Waals surface area contributed by atoms with Crippen molar-refractivity contribution in [1.82, 2.24) is 9.97 Å². The molecule has 0 aliphatic heterocycles. The Bertz CT molecular complexity index is 1410. The molecule has 0 aliphatic carbocycles. The number of nitrogens with one attached hydrogen (secondary N) is 2. The summed E-state index contributed by atoms with van der Waals surface area (Å²) in [5.41, 5.74) is 4.84. The largest absolute Gasteiger partial charge is 0.464 e. The Morgan fingerprint density at radius 2 is 1.81 bits per heavy atom. The molecule has 8 nitrogen and oxygen atoms in total. The van der Waals surface area contributed by atoms with Crippen molar-refractivity contribution in [3.8, 4) is 0 Å². The van der Waals surface area contributed by atoms with Crippen LogP contribution >= 0.6 is 0 Å². The summed E-state index contributed by atoms with van der Waals surface area (Å²) in [6.07, 6.45) is 3.22. The van der Waals surface area contributed by atoms with Crippen LogP contribution in [0.1, 0.15) is 22.4 Å². The van der Waals surface area contributed by atoms with E-state index in [1.54, 1.807) is 19.3 Å². The van der Waals surface area contributed by atoms with Crippen molar-refractivity contribution >= 4 is 38.5 Å². The lowest BCUT2D eigenvalue weighted by Crippen LogP contribution is -2.16. The third-order valence-corrected chi connectivity index (χ3v) is 6.26. The Labute approximate surface area is 185 Å². The Balaban J connectivity index is 1.45. The fourth-order valence-electron chi connectivity index (χ4n) is 3.53. The highest BCUT2D eigenvalue weighted by Gasteiger charge is 2.17. The van der Waals surface area contributed by atoms with Gasteiger partial charge in [0, 0.05) is 28.5 Å². The number of fused-ring (bicyclic) bond motifs is 1. The number of aromatic nitrogens is 2. The summed E-state index contributed by atoms with van der Waals surface area (Å²) in [5, 5.41) is 3.73. The van der Waals surface area contributed by atoms with E-state index >= 15 is 0 Å². The van der Waals surface area contributed by atoms with Gasteiger partial charge in [-0.2, -0.15) is 0 Å². The number of carbonyl (C=O) groups excluding carboxylic acids is 1. The van der Waals surface area contributed by atoms with Crippen LogP contribution in [-0.2, 0) is 21.2 Å². The number of amides is 1. The van der Waals surface area contributed by atoms with Crippen molar-refractivity contribution < 1.29 is 17.6 Å². The Hall–Kier alpha value is -3.72. The minimum Gasteiger partial charge on any atom is -0.464 e. The van der Waals surface area contributed by atoms with Gasteiger partial charge in [-0.15, -0.1) is 0 Å². The van der Waals surface area contributed by atoms with E-state index in [1.165, 1.54) is 30.5 Å². The molecule has 0 aliphatic rings. The summed E-state index contributed by atoms with van der Waals surface area (Å²) in [5.74, 6) is -0.227. The van der Waals surface area contributed by atoms with Gasteiger partial charge in [-0.25, -0.2) is 23.1 Å². The minimum atomic E-state index is -3.85. The van der Waals surface area contributed by atoms with Gasteiger partial charge in [0.25, 0.3) is 10.0 Å². The summed E-state index contributed by atoms with van der Waals surface area (Å²) < 4.78 is 33.0. The van der Waals surface area contributed by atoms with E-state index in [-0.39, 0.29) is 23.2 Å². The second-order valence-electron chi connectivity index (χ2n) is 7.59. The molecule has 2 aromatic heterocycles. The number of furan rings is 1. The maximum atomic E-state index is 12.6. The van der Waals surface area contributed by atoms with Crippen LogP contribution in [0.25, 0.3) is 11.0 Å². The molecular formula is C23H22N4O4S. The lowest BCUT2D eigenvalue weighted by atomic mass is 10.0. The van der Waals surface area contributed by atoms with Gasteiger partial charge in [0.05, 0.1) is 17.6 Å². The van der Waals surface area contributed by atoms with E-state index in [1.807, 2.05) is 26.0 Å². The number of hydrogen-bond acceptors (Lipinski definition) is 6. The maximum Gasteiger partial charge on any atom is 0.264 e. The molecule has 0 spiro atoms. The van der Waals surface area contributed by atoms with E-state index < -0.39 is 10.0 Å². The highest BCUT2D eigenvalue weighted by Crippen LogP contribution is 2.27. The predicted octanol–water partition coefficient (Wildman–Crippen LogP) is 4.13. The molecule has 2 aromatic carbocycles. The van der Waals surface area contributed by atoms with E-state index in [0.717, 1.165) is 27.7 Å². The molecule has 0 fully saturated rings. The quantitative estimate of drug-likeness (QED) is 0.457. The van der Waals surface area contributed by atoms with Gasteiger partial charge in [0.2, 0.25) is 11.9 Å². The number of benzene rings is 2. The van der Waals surface area contributed by atoms with Crippen molar-refractivity contribution in [1.29, 1.82) is 0 Å². The number of hydrogen-bond donors (Lipinski definition) is 2. The molecule has 1 amide bonds. The second-order valence-corrected chi connectivity index (χ2v) is 9.27. The fourth-order valence-corrected chi connectivity index (χ4v) is 4.48. The number of anilines is 2. The Morgan fingerprint density at radius 3 is 2.53 bits per heavy atom. The van der Waals surface area contributed by atoms with E-state index in [9.17, 15) is 13.2 Å². The molecule has 0 atom stereocenters. The molecule has 4 aromatic rings. The van der Waals surface area contributed by atoms with Gasteiger partial charge in [0.1, 0.15) is 5.58 Å². The van der Waals surface area contributed by atoms with Crippen LogP contribution in [0.5, 0.6) is 0 Å². The molecule has 164 valence electrons. The molecule has 0 bridgehead atoms. The first kappa shape index (κ1) is 21.5. The van der Waals surface area contributed by atoms with Crippen molar-refractivity contribution in [2.45, 2.75) is 32.1 Å². The number of aryl methyl sites for hydroxylation is 3. The standard InChI is InChI=1S/C23H22N4O4S/c1-14-10-15(2)22-17(13-31-20(22)11-14)12-21(28)26-18-4-6-19(7-5-18)32(29,30)27-23-24-9-8-16(3)25-23/h4-11,13H,12H2,1-3H3,(H,26,28)(H,24,25,27). The summed E-state index contributed by atoms with van der Waals surface area (Å²) in [6.45, 7) is 5.72. The van der Waals surface area contributed by atoms with Crippen LogP contribution in [0.15, 0.2) is 64.2 Å². The predicted molar refractivity (Wildman–Crippen MR) is 122 cm³/mol. The van der Waals surface area contributed by atoms with Crippen molar-refractivity contribution in [2.75, 3.05) is 10.0 Å². The van der Waals surface area contributed by atoms with Crippen LogP contribution in [0.2, 0.25) is 0 Å². The summed E-state index contributed by atoms with van der Waals surface area (Å²) in [6, 6.07) is 11.6. The number of rotatable bonds is 6. The number of carbonyl (C=O) groups is 1. The summed E-state index contributed by atoms with van der Waals surface area (Å²) in [4.78, 5) is 20.5. The van der Waals surface area contributed by atoms with Crippen LogP contribution in [-0.4, -0.2) is 24.3 Å². The van der Waals surface area contributed by atoms with Gasteiger partial charge in [-0.1, -0.05) is 6.07 Å². The fraction of sp³-hybridized carbons (Fsp3) is 0.174. The maximum absolute atomic E-state index is 12.6. The molecule has 4 rings (SSSR count). The lowest BCUT2D eigenvalue weighted by molar-refractivity contribution is -0.115. The molecule has 2 heterocycles. The van der Waals surface area contributed by atoms with Crippen LogP contribution in [0.3, 0.4) is 0 Å². The van der Waals surface area contributed by atoms with Gasteiger partial charge in [-0.3, -0.25) is 4.79 Å². The smallest absolute Gasteiger partial charge is 0.264 e. The monoisotopic (exact) mass is 450 g/mol. The zero-order valence-electron chi connectivity index (χ0n) is 17.8. The van der Waals surface area contributed by atoms with E-state index in [4.69, 9.17) is 4.42 Å². The van der Waals surface area contributed by atoms with Crippen LogP contribution < -0.4 is 10.0 Å². The average Bonchev–Trinajstić information content (AvgIpc) is 3.10. The molecular weight excluding hydrogens is 428 g/mol. The summed E-state index contributed by atoms with van der Waals surface area (Å²) >= 11 is 0. The molecule has 32 heavy (non-hydrogen) atoms. The van der Waals surface area contributed by atoms with Gasteiger partial charge < -0.3 is 9.73 Å². The van der Waals surface area contributed by atoms with E-state index in [0.29, 0.717) is 11.4 Å². The molecule has 0 unspecified atom stereocenters. The molecule has 0 saturated heterocycles. The molecule has 2 N–H and O–H groups in total. The number of sulfonamides is 1. The third-order valence-electron chi connectivity index (χ3n) is 4.91. The molecule has 9 heteroatoms. The van der Waals surface area contributed by atoms with Crippen molar-refractivity contribution in [3.05, 3.63) is 77.3 Å². The van der Waals surface area contributed by atoms with Gasteiger partial charge in [-0.05, 0) is 68.3 Å². The Kier molecular flexibility index (Phi) is 5.67. The van der Waals surface area contributed by atoms with Crippen LogP contribution in [0.4, 0.5) is 11.6 Å². The van der Waals surface area contributed by atoms with Crippen molar-refractivity contribution in [3.63, 3.8) is 0 Å². The first-order valence-corrected chi connectivity index (χ1v) is 11.4.